The van der Waals surface area contributed by atoms with Gasteiger partial charge in [0, 0.05) is 37.5 Å². The van der Waals surface area contributed by atoms with Crippen molar-refractivity contribution in [3.05, 3.63) is 90.5 Å². The van der Waals surface area contributed by atoms with Gasteiger partial charge in [0.25, 0.3) is 10.1 Å². The van der Waals surface area contributed by atoms with Crippen molar-refractivity contribution in [2.45, 2.75) is 25.2 Å². The first-order valence-electron chi connectivity index (χ1n) is 15.1. The van der Waals surface area contributed by atoms with Gasteiger partial charge >= 0.3 is 0 Å². The highest BCUT2D eigenvalue weighted by molar-refractivity contribution is 7.85. The van der Waals surface area contributed by atoms with Crippen LogP contribution in [0.1, 0.15) is 17.7 Å². The van der Waals surface area contributed by atoms with Crippen LogP contribution in [0.3, 0.4) is 0 Å². The summed E-state index contributed by atoms with van der Waals surface area (Å²) in [5, 5.41) is 12.7. The van der Waals surface area contributed by atoms with E-state index in [4.69, 9.17) is 24.1 Å². The molecular formula is C33H35N7O5S2. The molecule has 0 amide bonds. The van der Waals surface area contributed by atoms with Gasteiger partial charge in [-0.05, 0) is 38.5 Å². The lowest BCUT2D eigenvalue weighted by atomic mass is 10.1. The standard InChI is InChI=1S/C26H27N7O2S.C7H8O3S/c1-18-22(26-29-23(19-6-3-2-4-7-19)24(36-26)25-27-17-28-30-25)21-16-20(8-10-33(21)31-18)35-13-5-9-32-11-14-34-15-12-32;1-6-2-4-7(5-3-6)11(8,9)10/h2-4,6-8,10,16-17H,5,9,11-15H2,1H3,(H,27,28,30);2-5H,1H3,(H,8,9,10). The average Bonchev–Trinajstić information content (AvgIpc) is 3.83. The maximum Gasteiger partial charge on any atom is 0.294 e. The van der Waals surface area contributed by atoms with E-state index in [-0.39, 0.29) is 4.90 Å². The minimum atomic E-state index is -4.02. The third-order valence-electron chi connectivity index (χ3n) is 7.61. The molecule has 2 aromatic carbocycles. The van der Waals surface area contributed by atoms with Gasteiger partial charge in [-0.25, -0.2) is 14.5 Å². The van der Waals surface area contributed by atoms with Crippen LogP contribution in [0.15, 0.2) is 84.1 Å². The molecule has 4 aromatic heterocycles. The molecule has 0 radical (unpaired) electrons. The molecule has 0 unspecified atom stereocenters. The second kappa shape index (κ2) is 14.5. The van der Waals surface area contributed by atoms with Crippen LogP contribution in [0, 0.1) is 13.8 Å². The number of ether oxygens (including phenoxy) is 2. The fraction of sp³-hybridized carbons (Fsp3) is 0.273. The second-order valence-corrected chi connectivity index (χ2v) is 13.4. The molecule has 0 bridgehead atoms. The Morgan fingerprint density at radius 3 is 2.51 bits per heavy atom. The molecule has 0 aliphatic carbocycles. The number of hydrogen-bond acceptors (Lipinski definition) is 10. The topological polar surface area (TPSA) is 148 Å². The first-order chi connectivity index (χ1) is 22.8. The molecule has 1 aliphatic heterocycles. The Hall–Kier alpha value is -4.47. The first-order valence-corrected chi connectivity index (χ1v) is 17.4. The monoisotopic (exact) mass is 673 g/mol. The van der Waals surface area contributed by atoms with Crippen molar-refractivity contribution in [2.24, 2.45) is 0 Å². The predicted octanol–water partition coefficient (Wildman–Crippen LogP) is 5.56. The van der Waals surface area contributed by atoms with Crippen LogP contribution in [0.2, 0.25) is 0 Å². The van der Waals surface area contributed by atoms with Gasteiger partial charge in [0.15, 0.2) is 5.82 Å². The number of H-pyrrole nitrogens is 1. The zero-order valence-electron chi connectivity index (χ0n) is 26.0. The van der Waals surface area contributed by atoms with Crippen molar-refractivity contribution in [1.82, 2.24) is 34.7 Å². The van der Waals surface area contributed by atoms with Crippen molar-refractivity contribution < 1.29 is 22.4 Å². The molecule has 2 N–H and O–H groups in total. The Morgan fingerprint density at radius 2 is 1.81 bits per heavy atom. The minimum Gasteiger partial charge on any atom is -0.493 e. The number of rotatable bonds is 9. The van der Waals surface area contributed by atoms with Gasteiger partial charge < -0.3 is 9.47 Å². The maximum atomic E-state index is 10.5. The van der Waals surface area contributed by atoms with E-state index >= 15 is 0 Å². The molecule has 12 nitrogen and oxygen atoms in total. The van der Waals surface area contributed by atoms with Crippen molar-refractivity contribution >= 4 is 27.0 Å². The van der Waals surface area contributed by atoms with Crippen LogP contribution in [0.25, 0.3) is 38.0 Å². The largest absolute Gasteiger partial charge is 0.493 e. The molecule has 0 saturated carbocycles. The predicted molar refractivity (Wildman–Crippen MR) is 180 cm³/mol. The number of thiazole rings is 1. The molecular weight excluding hydrogens is 639 g/mol. The van der Waals surface area contributed by atoms with Crippen LogP contribution in [-0.2, 0) is 14.9 Å². The Bertz CT molecular complexity index is 2020. The highest BCUT2D eigenvalue weighted by atomic mass is 32.2. The summed E-state index contributed by atoms with van der Waals surface area (Å²) in [7, 11) is -4.02. The van der Waals surface area contributed by atoms with Crippen LogP contribution in [-0.4, -0.2) is 87.1 Å². The fourth-order valence-electron chi connectivity index (χ4n) is 5.21. The van der Waals surface area contributed by atoms with Gasteiger partial charge in [-0.2, -0.15) is 18.6 Å². The van der Waals surface area contributed by atoms with Gasteiger partial charge in [-0.15, -0.1) is 11.3 Å². The average molecular weight is 674 g/mol. The Kier molecular flexibility index (Phi) is 10.0. The number of fused-ring (bicyclic) bond motifs is 1. The molecule has 6 aromatic rings. The van der Waals surface area contributed by atoms with E-state index in [2.05, 4.69) is 38.3 Å². The lowest BCUT2D eigenvalue weighted by Crippen LogP contribution is -2.37. The Balaban J connectivity index is 0.000000300. The number of hydrogen-bond donors (Lipinski definition) is 2. The first kappa shape index (κ1) is 32.5. The van der Waals surface area contributed by atoms with E-state index < -0.39 is 10.1 Å². The summed E-state index contributed by atoms with van der Waals surface area (Å²) in [5.74, 6) is 1.54. The van der Waals surface area contributed by atoms with Crippen LogP contribution in [0.4, 0.5) is 0 Å². The molecule has 5 heterocycles. The lowest BCUT2D eigenvalue weighted by molar-refractivity contribution is 0.0358. The van der Waals surface area contributed by atoms with Gasteiger partial charge in [0.2, 0.25) is 0 Å². The smallest absolute Gasteiger partial charge is 0.294 e. The minimum absolute atomic E-state index is 0.0666. The summed E-state index contributed by atoms with van der Waals surface area (Å²) in [5.41, 5.74) is 5.75. The number of aryl methyl sites for hydroxylation is 2. The summed E-state index contributed by atoms with van der Waals surface area (Å²) in [6.07, 6.45) is 4.45. The molecule has 1 fully saturated rings. The maximum absolute atomic E-state index is 10.5. The molecule has 244 valence electrons. The summed E-state index contributed by atoms with van der Waals surface area (Å²) in [4.78, 5) is 12.8. The Morgan fingerprint density at radius 1 is 1.04 bits per heavy atom. The quantitative estimate of drug-likeness (QED) is 0.148. The summed E-state index contributed by atoms with van der Waals surface area (Å²) in [6.45, 7) is 9.19. The molecule has 1 aliphatic rings. The van der Waals surface area contributed by atoms with Crippen molar-refractivity contribution in [1.29, 1.82) is 0 Å². The van der Waals surface area contributed by atoms with E-state index in [1.807, 2.05) is 48.8 Å². The van der Waals surface area contributed by atoms with Crippen molar-refractivity contribution in [3.63, 3.8) is 0 Å². The summed E-state index contributed by atoms with van der Waals surface area (Å²) < 4.78 is 43.0. The number of benzene rings is 2. The van der Waals surface area contributed by atoms with Crippen LogP contribution >= 0.6 is 11.3 Å². The zero-order valence-corrected chi connectivity index (χ0v) is 27.7. The fourth-order valence-corrected chi connectivity index (χ4v) is 6.83. The van der Waals surface area contributed by atoms with Gasteiger partial charge in [-0.1, -0.05) is 48.0 Å². The summed E-state index contributed by atoms with van der Waals surface area (Å²) >= 11 is 1.59. The third-order valence-corrected chi connectivity index (χ3v) is 9.56. The van der Waals surface area contributed by atoms with E-state index in [0.29, 0.717) is 12.4 Å². The highest BCUT2D eigenvalue weighted by Crippen LogP contribution is 2.41. The molecule has 14 heteroatoms. The van der Waals surface area contributed by atoms with Crippen molar-refractivity contribution in [3.8, 4) is 38.3 Å². The molecule has 0 spiro atoms. The highest BCUT2D eigenvalue weighted by Gasteiger charge is 2.22. The van der Waals surface area contributed by atoms with E-state index in [1.54, 1.807) is 23.5 Å². The Labute approximate surface area is 276 Å². The van der Waals surface area contributed by atoms with Gasteiger partial charge in [-0.3, -0.25) is 14.6 Å². The number of aromatic amines is 1. The lowest BCUT2D eigenvalue weighted by Gasteiger charge is -2.26. The van der Waals surface area contributed by atoms with E-state index in [9.17, 15) is 8.42 Å². The number of morpholine rings is 1. The molecule has 7 rings (SSSR count). The van der Waals surface area contributed by atoms with Gasteiger partial charge in [0.05, 0.1) is 52.1 Å². The van der Waals surface area contributed by atoms with E-state index in [0.717, 1.165) is 88.5 Å². The number of pyridine rings is 1. The van der Waals surface area contributed by atoms with Gasteiger partial charge in [0.1, 0.15) is 17.1 Å². The second-order valence-electron chi connectivity index (χ2n) is 11.0. The third kappa shape index (κ3) is 7.92. The van der Waals surface area contributed by atoms with Crippen LogP contribution in [0.5, 0.6) is 5.75 Å². The molecule has 47 heavy (non-hydrogen) atoms. The zero-order chi connectivity index (χ0) is 32.8. The molecule has 1 saturated heterocycles. The normalized spacial score (nSPS) is 13.8. The van der Waals surface area contributed by atoms with E-state index in [1.165, 1.54) is 18.5 Å². The summed E-state index contributed by atoms with van der Waals surface area (Å²) in [6, 6.07) is 20.2. The number of nitrogens with one attached hydrogen (secondary N) is 1. The number of nitrogens with zero attached hydrogens (tertiary/aromatic N) is 6. The molecule has 0 atom stereocenters. The van der Waals surface area contributed by atoms with Crippen molar-refractivity contribution in [2.75, 3.05) is 39.5 Å². The number of aromatic nitrogens is 6. The van der Waals surface area contributed by atoms with Crippen LogP contribution < -0.4 is 4.74 Å². The SMILES string of the molecule is Cc1ccc(S(=O)(=O)O)cc1.Cc1nn2ccc(OCCCN3CCOCC3)cc2c1-c1nc(-c2ccccc2)c(-c2ncn[nH]2)s1.